The van der Waals surface area contributed by atoms with Crippen LogP contribution in [0.1, 0.15) is 17.0 Å². The molecule has 122 valence electrons. The molecule has 0 atom stereocenters. The lowest BCUT2D eigenvalue weighted by Gasteiger charge is -2.07. The second-order valence-corrected chi connectivity index (χ2v) is 5.45. The normalized spacial score (nSPS) is 12.6. The van der Waals surface area contributed by atoms with Gasteiger partial charge in [0.15, 0.2) is 5.82 Å². The molecule has 0 saturated heterocycles. The molecule has 3 nitrogen and oxygen atoms in total. The van der Waals surface area contributed by atoms with E-state index in [1.54, 1.807) is 24.3 Å². The maximum absolute atomic E-state index is 12.7. The van der Waals surface area contributed by atoms with Crippen molar-refractivity contribution in [3.05, 3.63) is 75.8 Å². The summed E-state index contributed by atoms with van der Waals surface area (Å²) < 4.78 is 38.2. The zero-order valence-corrected chi connectivity index (χ0v) is 12.8. The molecule has 0 bridgehead atoms. The Hall–Kier alpha value is -2.60. The van der Waals surface area contributed by atoms with Gasteiger partial charge in [-0.3, -0.25) is 4.79 Å². The third-order valence-electron chi connectivity index (χ3n) is 3.35. The van der Waals surface area contributed by atoms with Crippen LogP contribution in [0, 0.1) is 0 Å². The maximum atomic E-state index is 12.7. The number of nitrogens with zero attached hydrogens (tertiary/aromatic N) is 1. The van der Waals surface area contributed by atoms with Gasteiger partial charge in [-0.15, -0.1) is 0 Å². The van der Waals surface area contributed by atoms with Crippen LogP contribution in [0.3, 0.4) is 0 Å². The van der Waals surface area contributed by atoms with Crippen molar-refractivity contribution in [2.75, 3.05) is 0 Å². The zero-order chi connectivity index (χ0) is 17.3. The number of nitrogens with one attached hydrogen (secondary N) is 1. The number of H-pyrrole nitrogens is 1. The summed E-state index contributed by atoms with van der Waals surface area (Å²) in [5.74, 6) is 0.0952. The van der Waals surface area contributed by atoms with Gasteiger partial charge >= 0.3 is 6.18 Å². The second kappa shape index (κ2) is 6.13. The van der Waals surface area contributed by atoms with Crippen LogP contribution in [0.15, 0.2) is 53.3 Å². The fourth-order valence-corrected chi connectivity index (χ4v) is 2.43. The summed E-state index contributed by atoms with van der Waals surface area (Å²) in [5, 5.41) is 0.446. The van der Waals surface area contributed by atoms with Crippen molar-refractivity contribution in [1.82, 2.24) is 9.97 Å². The molecule has 0 amide bonds. The average Bonchev–Trinajstić information content (AvgIpc) is 2.54. The zero-order valence-electron chi connectivity index (χ0n) is 12.1. The van der Waals surface area contributed by atoms with Crippen molar-refractivity contribution in [3.8, 4) is 0 Å². The van der Waals surface area contributed by atoms with Gasteiger partial charge in [0.05, 0.1) is 21.5 Å². The number of rotatable bonds is 2. The van der Waals surface area contributed by atoms with E-state index in [1.807, 2.05) is 0 Å². The first-order valence-electron chi connectivity index (χ1n) is 6.88. The van der Waals surface area contributed by atoms with Gasteiger partial charge in [0.2, 0.25) is 0 Å². The van der Waals surface area contributed by atoms with Crippen LogP contribution >= 0.6 is 11.6 Å². The van der Waals surface area contributed by atoms with Gasteiger partial charge in [0.25, 0.3) is 5.56 Å². The molecule has 0 fully saturated rings. The van der Waals surface area contributed by atoms with E-state index in [2.05, 4.69) is 9.97 Å². The number of halogens is 4. The van der Waals surface area contributed by atoms with E-state index in [9.17, 15) is 18.0 Å². The van der Waals surface area contributed by atoms with E-state index >= 15 is 0 Å². The van der Waals surface area contributed by atoms with Crippen molar-refractivity contribution >= 4 is 33.6 Å². The molecular formula is C17H10ClF3N2O. The Morgan fingerprint density at radius 3 is 2.62 bits per heavy atom. The van der Waals surface area contributed by atoms with Gasteiger partial charge in [0, 0.05) is 0 Å². The standard InChI is InChI=1S/C17H10ClF3N2O/c18-13(9-10-4-3-5-11(8-10)17(19,20)21)15-22-14-7-2-1-6-12(14)16(24)23-15/h1-9H,(H,22,23,24)/b13-9+. The number of fused-ring (bicyclic) bond motifs is 1. The number of para-hydroxylation sites is 1. The molecule has 0 radical (unpaired) electrons. The molecule has 3 rings (SSSR count). The molecule has 1 aromatic heterocycles. The van der Waals surface area contributed by atoms with E-state index < -0.39 is 11.7 Å². The molecule has 2 aromatic carbocycles. The lowest BCUT2D eigenvalue weighted by atomic mass is 10.1. The summed E-state index contributed by atoms with van der Waals surface area (Å²) in [5.41, 5.74) is -0.440. The second-order valence-electron chi connectivity index (χ2n) is 5.05. The molecule has 0 aliphatic heterocycles. The third-order valence-corrected chi connectivity index (χ3v) is 3.63. The molecule has 3 aromatic rings. The number of hydrogen-bond donors (Lipinski definition) is 1. The van der Waals surface area contributed by atoms with Crippen LogP contribution in [0.5, 0.6) is 0 Å². The highest BCUT2D eigenvalue weighted by Crippen LogP contribution is 2.30. The first-order valence-corrected chi connectivity index (χ1v) is 7.26. The minimum Gasteiger partial charge on any atom is -0.305 e. The van der Waals surface area contributed by atoms with Gasteiger partial charge in [0.1, 0.15) is 0 Å². The molecular weight excluding hydrogens is 341 g/mol. The Labute approximate surface area is 139 Å². The first kappa shape index (κ1) is 16.3. The summed E-state index contributed by atoms with van der Waals surface area (Å²) in [4.78, 5) is 18.8. The fraction of sp³-hybridized carbons (Fsp3) is 0.0588. The van der Waals surface area contributed by atoms with E-state index in [0.717, 1.165) is 12.1 Å². The van der Waals surface area contributed by atoms with Crippen LogP contribution in [0.25, 0.3) is 22.0 Å². The molecule has 0 spiro atoms. The summed E-state index contributed by atoms with van der Waals surface area (Å²) in [6, 6.07) is 11.4. The number of benzene rings is 2. The molecule has 1 N–H and O–H groups in total. The predicted molar refractivity (Wildman–Crippen MR) is 87.5 cm³/mol. The molecule has 0 saturated carbocycles. The summed E-state index contributed by atoms with van der Waals surface area (Å²) in [6.45, 7) is 0. The highest BCUT2D eigenvalue weighted by molar-refractivity contribution is 6.50. The number of aromatic amines is 1. The smallest absolute Gasteiger partial charge is 0.305 e. The van der Waals surface area contributed by atoms with Crippen LogP contribution in [0.4, 0.5) is 13.2 Å². The van der Waals surface area contributed by atoms with E-state index in [-0.39, 0.29) is 22.0 Å². The average molecular weight is 351 g/mol. The molecule has 7 heteroatoms. The van der Waals surface area contributed by atoms with Crippen LogP contribution in [-0.2, 0) is 6.18 Å². The van der Waals surface area contributed by atoms with E-state index in [4.69, 9.17) is 11.6 Å². The van der Waals surface area contributed by atoms with Gasteiger partial charge in [-0.2, -0.15) is 13.2 Å². The maximum Gasteiger partial charge on any atom is 0.416 e. The van der Waals surface area contributed by atoms with Gasteiger partial charge in [-0.25, -0.2) is 4.98 Å². The van der Waals surface area contributed by atoms with Gasteiger partial charge < -0.3 is 4.98 Å². The van der Waals surface area contributed by atoms with Crippen molar-refractivity contribution in [3.63, 3.8) is 0 Å². The van der Waals surface area contributed by atoms with Crippen LogP contribution < -0.4 is 5.56 Å². The highest BCUT2D eigenvalue weighted by atomic mass is 35.5. The largest absolute Gasteiger partial charge is 0.416 e. The van der Waals surface area contributed by atoms with Crippen molar-refractivity contribution in [2.24, 2.45) is 0 Å². The minimum absolute atomic E-state index is 0.0391. The van der Waals surface area contributed by atoms with Crippen molar-refractivity contribution in [2.45, 2.75) is 6.18 Å². The van der Waals surface area contributed by atoms with Crippen molar-refractivity contribution < 1.29 is 13.2 Å². The van der Waals surface area contributed by atoms with E-state index in [1.165, 1.54) is 18.2 Å². The van der Waals surface area contributed by atoms with Crippen LogP contribution in [0.2, 0.25) is 0 Å². The third kappa shape index (κ3) is 3.33. The lowest BCUT2D eigenvalue weighted by molar-refractivity contribution is -0.137. The Bertz CT molecular complexity index is 993. The quantitative estimate of drug-likeness (QED) is 0.729. The predicted octanol–water partition coefficient (Wildman–Crippen LogP) is 4.68. The Morgan fingerprint density at radius 2 is 1.88 bits per heavy atom. The molecule has 24 heavy (non-hydrogen) atoms. The summed E-state index contributed by atoms with van der Waals surface area (Å²) in [6.07, 6.45) is -3.12. The molecule has 0 unspecified atom stereocenters. The SMILES string of the molecule is O=c1[nH]c(/C(Cl)=C\c2cccc(C(F)(F)F)c2)nc2ccccc12. The fourth-order valence-electron chi connectivity index (χ4n) is 2.22. The topological polar surface area (TPSA) is 45.8 Å². The van der Waals surface area contributed by atoms with Gasteiger partial charge in [-0.05, 0) is 35.9 Å². The highest BCUT2D eigenvalue weighted by Gasteiger charge is 2.30. The van der Waals surface area contributed by atoms with Crippen molar-refractivity contribution in [1.29, 1.82) is 0 Å². The molecule has 0 aliphatic carbocycles. The Morgan fingerprint density at radius 1 is 1.12 bits per heavy atom. The van der Waals surface area contributed by atoms with E-state index in [0.29, 0.717) is 10.9 Å². The molecule has 0 aliphatic rings. The minimum atomic E-state index is -4.44. The summed E-state index contributed by atoms with van der Waals surface area (Å²) in [7, 11) is 0. The Kier molecular flexibility index (Phi) is 4.15. The Balaban J connectivity index is 2.04. The molecule has 1 heterocycles. The first-order chi connectivity index (χ1) is 11.3. The van der Waals surface area contributed by atoms with Crippen LogP contribution in [-0.4, -0.2) is 9.97 Å². The van der Waals surface area contributed by atoms with Gasteiger partial charge in [-0.1, -0.05) is 35.9 Å². The summed E-state index contributed by atoms with van der Waals surface area (Å²) >= 11 is 6.13. The number of alkyl halides is 3. The lowest BCUT2D eigenvalue weighted by Crippen LogP contribution is -2.10. The number of aromatic nitrogens is 2. The number of hydrogen-bond acceptors (Lipinski definition) is 2. The monoisotopic (exact) mass is 350 g/mol.